The van der Waals surface area contributed by atoms with Crippen LogP contribution in [0.2, 0.25) is 0 Å². The fraction of sp³-hybridized carbons (Fsp3) is 0.278. The van der Waals surface area contributed by atoms with E-state index in [1.54, 1.807) is 7.11 Å². The molecule has 1 aromatic carbocycles. The summed E-state index contributed by atoms with van der Waals surface area (Å²) < 4.78 is 9.60. The normalized spacial score (nSPS) is 13.5. The van der Waals surface area contributed by atoms with Crippen LogP contribution < -0.4 is 20.0 Å². The van der Waals surface area contributed by atoms with Gasteiger partial charge in [0.05, 0.1) is 31.2 Å². The zero-order valence-corrected chi connectivity index (χ0v) is 14.2. The van der Waals surface area contributed by atoms with Gasteiger partial charge in [-0.3, -0.25) is 10.4 Å². The van der Waals surface area contributed by atoms with Gasteiger partial charge in [-0.15, -0.1) is 0 Å². The molecular formula is C18H22N5O+. The molecule has 124 valence electrons. The Hall–Kier alpha value is -2.98. The average Bonchev–Trinajstić information content (AvgIpc) is 3.09. The number of guanidine groups is 1. The molecule has 1 aliphatic rings. The van der Waals surface area contributed by atoms with Crippen molar-refractivity contribution in [2.24, 2.45) is 0 Å². The van der Waals surface area contributed by atoms with Crippen molar-refractivity contribution in [1.82, 2.24) is 25.5 Å². The van der Waals surface area contributed by atoms with Crippen LogP contribution >= 0.6 is 0 Å². The maximum atomic E-state index is 5.20. The molecule has 0 bridgehead atoms. The van der Waals surface area contributed by atoms with Gasteiger partial charge in [-0.2, -0.15) is 5.10 Å². The van der Waals surface area contributed by atoms with Crippen LogP contribution in [0.5, 0.6) is 5.75 Å². The highest BCUT2D eigenvalue weighted by atomic mass is 16.5. The predicted octanol–water partition coefficient (Wildman–Crippen LogP) is 1.96. The molecular weight excluding hydrogens is 302 g/mol. The first kappa shape index (κ1) is 15.9. The monoisotopic (exact) mass is 324 g/mol. The van der Waals surface area contributed by atoms with E-state index < -0.39 is 0 Å². The van der Waals surface area contributed by atoms with Gasteiger partial charge in [0.2, 0.25) is 0 Å². The lowest BCUT2D eigenvalue weighted by Crippen LogP contribution is -2.40. The van der Waals surface area contributed by atoms with Gasteiger partial charge in [0.1, 0.15) is 5.75 Å². The molecule has 1 aromatic heterocycles. The van der Waals surface area contributed by atoms with Gasteiger partial charge in [0, 0.05) is 16.7 Å². The Morgan fingerprint density at radius 3 is 2.75 bits per heavy atom. The lowest BCUT2D eigenvalue weighted by Gasteiger charge is -2.09. The first-order valence-corrected chi connectivity index (χ1v) is 7.99. The molecule has 6 nitrogen and oxygen atoms in total. The second-order valence-electron chi connectivity index (χ2n) is 5.60. The van der Waals surface area contributed by atoms with Crippen molar-refractivity contribution in [3.63, 3.8) is 0 Å². The Morgan fingerprint density at radius 2 is 2.04 bits per heavy atom. The van der Waals surface area contributed by atoms with E-state index in [0.29, 0.717) is 6.54 Å². The van der Waals surface area contributed by atoms with E-state index in [9.17, 15) is 0 Å². The highest BCUT2D eigenvalue weighted by Gasteiger charge is 2.17. The van der Waals surface area contributed by atoms with Crippen molar-refractivity contribution < 1.29 is 4.74 Å². The van der Waals surface area contributed by atoms with Crippen LogP contribution in [0.25, 0.3) is 11.3 Å². The number of rotatable bonds is 5. The van der Waals surface area contributed by atoms with E-state index in [1.807, 2.05) is 36.7 Å². The predicted molar refractivity (Wildman–Crippen MR) is 96.7 cm³/mol. The second kappa shape index (κ2) is 7.06. The fourth-order valence-corrected chi connectivity index (χ4v) is 2.60. The van der Waals surface area contributed by atoms with Crippen LogP contribution in [0.4, 0.5) is 0 Å². The summed E-state index contributed by atoms with van der Waals surface area (Å²) in [6, 6.07) is 7.91. The number of allylic oxidation sites excluding steroid dienone is 2. The summed E-state index contributed by atoms with van der Waals surface area (Å²) in [7, 11) is 1.66. The third kappa shape index (κ3) is 3.34. The molecule has 0 radical (unpaired) electrons. The van der Waals surface area contributed by atoms with E-state index in [4.69, 9.17) is 4.74 Å². The SMILES string of the molecule is CCC1=C(C)C=[N+]=C(NCc2cn[nH]c2-c2ccc(OC)cc2)N1. The molecule has 2 heterocycles. The molecule has 0 aliphatic carbocycles. The summed E-state index contributed by atoms with van der Waals surface area (Å²) >= 11 is 0. The van der Waals surface area contributed by atoms with Crippen molar-refractivity contribution in [1.29, 1.82) is 0 Å². The quantitative estimate of drug-likeness (QED) is 0.735. The molecule has 0 amide bonds. The maximum Gasteiger partial charge on any atom is 0.443 e. The summed E-state index contributed by atoms with van der Waals surface area (Å²) in [5.41, 5.74) is 5.50. The standard InChI is InChI=1S/C18H21N5O/c1-4-16-12(2)9-19-18(22-16)20-10-14-11-21-23-17(14)13-5-7-15(24-3)8-6-13/h5-9,11H,4,10H2,1-3H3,(H2,19,20,21,22,23)/p+1. The lowest BCUT2D eigenvalue weighted by molar-refractivity contribution is 0.415. The highest BCUT2D eigenvalue weighted by Crippen LogP contribution is 2.23. The minimum atomic E-state index is 0.633. The molecule has 2 aromatic rings. The molecule has 3 N–H and O–H groups in total. The van der Waals surface area contributed by atoms with Crippen molar-refractivity contribution >= 4 is 12.2 Å². The smallest absolute Gasteiger partial charge is 0.443 e. The number of nitrogens with zero attached hydrogens (tertiary/aromatic N) is 2. The number of ether oxygens (including phenoxy) is 1. The first-order chi connectivity index (χ1) is 11.7. The number of aromatic amines is 1. The molecule has 24 heavy (non-hydrogen) atoms. The Morgan fingerprint density at radius 1 is 1.25 bits per heavy atom. The number of hydrogen-bond donors (Lipinski definition) is 3. The minimum Gasteiger partial charge on any atom is -0.497 e. The van der Waals surface area contributed by atoms with Crippen LogP contribution in [0, 0.1) is 0 Å². The zero-order valence-electron chi connectivity index (χ0n) is 14.2. The van der Waals surface area contributed by atoms with Crippen LogP contribution in [0.15, 0.2) is 41.7 Å². The van der Waals surface area contributed by atoms with Crippen LogP contribution in [-0.2, 0) is 6.54 Å². The molecule has 1 aliphatic heterocycles. The molecule has 6 heteroatoms. The van der Waals surface area contributed by atoms with Gasteiger partial charge in [-0.1, -0.05) is 6.92 Å². The Bertz CT molecular complexity index is 810. The third-order valence-electron chi connectivity index (χ3n) is 4.03. The van der Waals surface area contributed by atoms with Gasteiger partial charge < -0.3 is 4.74 Å². The van der Waals surface area contributed by atoms with E-state index in [0.717, 1.165) is 35.0 Å². The number of hydrogen-bond acceptors (Lipinski definition) is 4. The second-order valence-corrected chi connectivity index (χ2v) is 5.60. The summed E-state index contributed by atoms with van der Waals surface area (Å²) in [6.45, 7) is 4.82. The van der Waals surface area contributed by atoms with Gasteiger partial charge in [-0.05, 0) is 37.6 Å². The number of nitrogens with one attached hydrogen (secondary N) is 3. The van der Waals surface area contributed by atoms with Crippen molar-refractivity contribution in [2.45, 2.75) is 26.8 Å². The van der Waals surface area contributed by atoms with E-state index in [1.165, 1.54) is 11.3 Å². The molecule has 0 atom stereocenters. The van der Waals surface area contributed by atoms with Crippen molar-refractivity contribution in [3.05, 3.63) is 47.3 Å². The topological polar surface area (TPSA) is 76.1 Å². The van der Waals surface area contributed by atoms with E-state index in [-0.39, 0.29) is 0 Å². The number of methoxy groups -OCH3 is 1. The maximum absolute atomic E-state index is 5.20. The molecule has 0 saturated carbocycles. The van der Waals surface area contributed by atoms with Gasteiger partial charge in [0.15, 0.2) is 6.21 Å². The van der Waals surface area contributed by atoms with Gasteiger partial charge in [-0.25, -0.2) is 9.98 Å². The van der Waals surface area contributed by atoms with E-state index >= 15 is 0 Å². The molecule has 3 rings (SSSR count). The highest BCUT2D eigenvalue weighted by molar-refractivity contribution is 5.92. The molecule has 0 saturated heterocycles. The van der Waals surface area contributed by atoms with Gasteiger partial charge >= 0.3 is 5.96 Å². The summed E-state index contributed by atoms with van der Waals surface area (Å²) in [6.07, 6.45) is 4.67. The van der Waals surface area contributed by atoms with E-state index in [2.05, 4.69) is 39.3 Å². The number of benzene rings is 1. The Kier molecular flexibility index (Phi) is 4.68. The van der Waals surface area contributed by atoms with Crippen LogP contribution in [0.1, 0.15) is 25.8 Å². The lowest BCUT2D eigenvalue weighted by atomic mass is 10.1. The third-order valence-corrected chi connectivity index (χ3v) is 4.03. The zero-order chi connectivity index (χ0) is 16.9. The Balaban J connectivity index is 1.72. The summed E-state index contributed by atoms with van der Waals surface area (Å²) in [4.78, 5) is 0. The van der Waals surface area contributed by atoms with Crippen LogP contribution in [-0.4, -0.2) is 29.5 Å². The van der Waals surface area contributed by atoms with Crippen molar-refractivity contribution in [2.75, 3.05) is 7.11 Å². The number of H-pyrrole nitrogens is 1. The molecule has 0 fully saturated rings. The summed E-state index contributed by atoms with van der Waals surface area (Å²) in [5.74, 6) is 1.60. The minimum absolute atomic E-state index is 0.633. The number of aromatic nitrogens is 2. The molecule has 0 spiro atoms. The largest absolute Gasteiger partial charge is 0.497 e. The first-order valence-electron chi connectivity index (χ1n) is 7.99. The summed E-state index contributed by atoms with van der Waals surface area (Å²) in [5, 5.41) is 13.9. The van der Waals surface area contributed by atoms with Crippen molar-refractivity contribution in [3.8, 4) is 17.0 Å². The Labute approximate surface area is 141 Å². The van der Waals surface area contributed by atoms with Gasteiger partial charge in [0.25, 0.3) is 0 Å². The average molecular weight is 324 g/mol. The van der Waals surface area contributed by atoms with Crippen LogP contribution in [0.3, 0.4) is 0 Å². The molecule has 0 unspecified atom stereocenters. The fourth-order valence-electron chi connectivity index (χ4n) is 2.60.